The smallest absolute Gasteiger partial charge is 0.404 e. The Kier molecular flexibility index (Phi) is 10.4. The van der Waals surface area contributed by atoms with E-state index in [1.807, 2.05) is 0 Å². The summed E-state index contributed by atoms with van der Waals surface area (Å²) in [5.74, 6) is 0. The van der Waals surface area contributed by atoms with E-state index in [0.717, 1.165) is 12.8 Å². The Morgan fingerprint density at radius 2 is 2.10 bits per heavy atom. The van der Waals surface area contributed by atoms with Crippen LogP contribution in [0.2, 0.25) is 0 Å². The Morgan fingerprint density at radius 1 is 1.50 bits per heavy atom. The second-order valence-electron chi connectivity index (χ2n) is 1.73. The van der Waals surface area contributed by atoms with E-state index < -0.39 is 6.09 Å². The van der Waals surface area contributed by atoms with Crippen LogP contribution >= 0.6 is 12.4 Å². The van der Waals surface area contributed by atoms with E-state index >= 15 is 0 Å². The molecule has 0 heterocycles. The number of hydrogen-bond donors (Lipinski definition) is 3. The fraction of sp³-hybridized carbons (Fsp3) is 0.800. The normalized spacial score (nSPS) is 8.10. The van der Waals surface area contributed by atoms with Crippen LogP contribution in [0, 0.1) is 0 Å². The van der Waals surface area contributed by atoms with Gasteiger partial charge < -0.3 is 16.2 Å². The number of amides is 1. The zero-order chi connectivity index (χ0) is 7.11. The molecule has 0 aliphatic rings. The van der Waals surface area contributed by atoms with Crippen molar-refractivity contribution in [1.82, 2.24) is 5.32 Å². The summed E-state index contributed by atoms with van der Waals surface area (Å²) in [4.78, 5) is 9.82. The Hall–Kier alpha value is -0.480. The molecule has 62 valence electrons. The lowest BCUT2D eigenvalue weighted by molar-refractivity contribution is 0.194. The first-order valence-electron chi connectivity index (χ1n) is 2.94. The van der Waals surface area contributed by atoms with Gasteiger partial charge in [0.25, 0.3) is 0 Å². The first-order valence-corrected chi connectivity index (χ1v) is 2.94. The van der Waals surface area contributed by atoms with Gasteiger partial charge in [0.1, 0.15) is 0 Å². The van der Waals surface area contributed by atoms with Crippen molar-refractivity contribution in [3.63, 3.8) is 0 Å². The molecule has 0 rings (SSSR count). The van der Waals surface area contributed by atoms with E-state index in [1.54, 1.807) is 0 Å². The van der Waals surface area contributed by atoms with Gasteiger partial charge in [-0.2, -0.15) is 0 Å². The van der Waals surface area contributed by atoms with Crippen molar-refractivity contribution in [2.45, 2.75) is 12.8 Å². The number of carbonyl (C=O) groups is 1. The van der Waals surface area contributed by atoms with Crippen LogP contribution in [0.15, 0.2) is 0 Å². The average Bonchev–Trinajstić information content (AvgIpc) is 1.80. The van der Waals surface area contributed by atoms with Crippen LogP contribution in [0.25, 0.3) is 0 Å². The predicted octanol–water partition coefficient (Wildman–Crippen LogP) is 0.415. The van der Waals surface area contributed by atoms with E-state index in [4.69, 9.17) is 10.8 Å². The molecule has 5 heteroatoms. The summed E-state index contributed by atoms with van der Waals surface area (Å²) in [7, 11) is 0. The maximum atomic E-state index is 9.82. The third-order valence-corrected chi connectivity index (χ3v) is 0.907. The minimum absolute atomic E-state index is 0. The number of hydrogen-bond acceptors (Lipinski definition) is 2. The first-order chi connectivity index (χ1) is 4.27. The maximum absolute atomic E-state index is 9.82. The standard InChI is InChI=1S/C5H12N2O2.ClH/c6-3-1-2-4-7-5(8)9;/h7H,1-4,6H2,(H,8,9);1H. The van der Waals surface area contributed by atoms with Crippen molar-refractivity contribution in [3.05, 3.63) is 0 Å². The van der Waals surface area contributed by atoms with Gasteiger partial charge in [-0.15, -0.1) is 12.4 Å². The molecule has 0 aromatic heterocycles. The summed E-state index contributed by atoms with van der Waals surface area (Å²) in [6.07, 6.45) is 0.732. The molecule has 1 amide bonds. The topological polar surface area (TPSA) is 75.3 Å². The highest BCUT2D eigenvalue weighted by molar-refractivity contribution is 5.85. The van der Waals surface area contributed by atoms with Crippen LogP contribution in [0.1, 0.15) is 12.8 Å². The van der Waals surface area contributed by atoms with Crippen molar-refractivity contribution in [2.24, 2.45) is 5.73 Å². The molecule has 10 heavy (non-hydrogen) atoms. The Balaban J connectivity index is 0. The molecular formula is C5H13ClN2O2. The third-order valence-electron chi connectivity index (χ3n) is 0.907. The van der Waals surface area contributed by atoms with Crippen LogP contribution < -0.4 is 11.1 Å². The molecule has 0 unspecified atom stereocenters. The lowest BCUT2D eigenvalue weighted by atomic mass is 10.3. The molecular weight excluding hydrogens is 156 g/mol. The molecule has 0 radical (unpaired) electrons. The Labute approximate surface area is 66.2 Å². The fourth-order valence-electron chi connectivity index (χ4n) is 0.465. The summed E-state index contributed by atoms with van der Waals surface area (Å²) in [6, 6.07) is 0. The van der Waals surface area contributed by atoms with Gasteiger partial charge in [-0.3, -0.25) is 0 Å². The van der Waals surface area contributed by atoms with E-state index in [-0.39, 0.29) is 12.4 Å². The molecule has 0 aliphatic heterocycles. The maximum Gasteiger partial charge on any atom is 0.404 e. The number of rotatable bonds is 4. The van der Waals surface area contributed by atoms with Crippen molar-refractivity contribution in [2.75, 3.05) is 13.1 Å². The van der Waals surface area contributed by atoms with E-state index in [9.17, 15) is 4.79 Å². The highest BCUT2D eigenvalue weighted by atomic mass is 35.5. The molecule has 0 saturated heterocycles. The number of nitrogens with two attached hydrogens (primary N) is 1. The molecule has 0 fully saturated rings. The SMILES string of the molecule is Cl.NCCCCNC(=O)O. The number of nitrogens with one attached hydrogen (secondary N) is 1. The quantitative estimate of drug-likeness (QED) is 0.533. The van der Waals surface area contributed by atoms with Gasteiger partial charge in [-0.25, -0.2) is 4.79 Å². The monoisotopic (exact) mass is 168 g/mol. The molecule has 4 nitrogen and oxygen atoms in total. The molecule has 0 bridgehead atoms. The second-order valence-corrected chi connectivity index (χ2v) is 1.73. The Bertz CT molecular complexity index is 89.7. The average molecular weight is 169 g/mol. The highest BCUT2D eigenvalue weighted by Crippen LogP contribution is 1.81. The molecule has 0 aliphatic carbocycles. The van der Waals surface area contributed by atoms with Gasteiger partial charge in [0.05, 0.1) is 0 Å². The first kappa shape index (κ1) is 12.2. The second kappa shape index (κ2) is 8.52. The largest absolute Gasteiger partial charge is 0.465 e. The minimum Gasteiger partial charge on any atom is -0.465 e. The van der Waals surface area contributed by atoms with Crippen LogP contribution in [-0.2, 0) is 0 Å². The van der Waals surface area contributed by atoms with Gasteiger partial charge in [-0.05, 0) is 19.4 Å². The Morgan fingerprint density at radius 3 is 2.50 bits per heavy atom. The predicted molar refractivity (Wildman–Crippen MR) is 41.6 cm³/mol. The summed E-state index contributed by atoms with van der Waals surface area (Å²) >= 11 is 0. The number of unbranched alkanes of at least 4 members (excludes halogenated alkanes) is 1. The number of carboxylic acid groups (broad SMARTS) is 1. The molecule has 0 saturated carbocycles. The minimum atomic E-state index is -0.966. The molecule has 0 spiro atoms. The summed E-state index contributed by atoms with van der Waals surface area (Å²) in [6.45, 7) is 1.13. The zero-order valence-corrected chi connectivity index (χ0v) is 6.49. The summed E-state index contributed by atoms with van der Waals surface area (Å²) < 4.78 is 0. The van der Waals surface area contributed by atoms with E-state index in [0.29, 0.717) is 13.1 Å². The highest BCUT2D eigenvalue weighted by Gasteiger charge is 1.90. The molecule has 0 aromatic carbocycles. The molecule has 0 aromatic rings. The summed E-state index contributed by atoms with van der Waals surface area (Å²) in [5.41, 5.74) is 5.17. The van der Waals surface area contributed by atoms with Gasteiger partial charge in [0, 0.05) is 6.54 Å². The van der Waals surface area contributed by atoms with Crippen LogP contribution in [0.4, 0.5) is 4.79 Å². The van der Waals surface area contributed by atoms with Crippen molar-refractivity contribution in [1.29, 1.82) is 0 Å². The lowest BCUT2D eigenvalue weighted by Crippen LogP contribution is -2.22. The molecule has 0 atom stereocenters. The molecule has 4 N–H and O–H groups in total. The van der Waals surface area contributed by atoms with Gasteiger partial charge in [0.2, 0.25) is 0 Å². The van der Waals surface area contributed by atoms with Crippen LogP contribution in [0.3, 0.4) is 0 Å². The van der Waals surface area contributed by atoms with E-state index in [1.165, 1.54) is 0 Å². The summed E-state index contributed by atoms with van der Waals surface area (Å²) in [5, 5.41) is 10.3. The van der Waals surface area contributed by atoms with Gasteiger partial charge >= 0.3 is 6.09 Å². The fourth-order valence-corrected chi connectivity index (χ4v) is 0.465. The zero-order valence-electron chi connectivity index (χ0n) is 5.67. The van der Waals surface area contributed by atoms with Crippen molar-refractivity contribution >= 4 is 18.5 Å². The third kappa shape index (κ3) is 10.5. The van der Waals surface area contributed by atoms with E-state index in [2.05, 4.69) is 5.32 Å². The number of halogens is 1. The van der Waals surface area contributed by atoms with Crippen LogP contribution in [0.5, 0.6) is 0 Å². The van der Waals surface area contributed by atoms with Gasteiger partial charge in [-0.1, -0.05) is 0 Å². The van der Waals surface area contributed by atoms with Crippen molar-refractivity contribution in [3.8, 4) is 0 Å². The van der Waals surface area contributed by atoms with Crippen LogP contribution in [-0.4, -0.2) is 24.3 Å². The van der Waals surface area contributed by atoms with Gasteiger partial charge in [0.15, 0.2) is 0 Å². The lowest BCUT2D eigenvalue weighted by Gasteiger charge is -1.96. The van der Waals surface area contributed by atoms with Crippen molar-refractivity contribution < 1.29 is 9.90 Å².